The number of benzene rings is 7. The summed E-state index contributed by atoms with van der Waals surface area (Å²) in [7, 11) is 0. The molecule has 2 aromatic heterocycles. The number of hydrogen-bond donors (Lipinski definition) is 0. The van der Waals surface area contributed by atoms with Crippen molar-refractivity contribution in [1.82, 2.24) is 9.13 Å². The van der Waals surface area contributed by atoms with Crippen molar-refractivity contribution >= 4 is 55.6 Å². The van der Waals surface area contributed by atoms with Crippen molar-refractivity contribution in [2.24, 2.45) is 0 Å². The molecule has 0 aliphatic rings. The zero-order valence-electron chi connectivity index (χ0n) is 27.3. The van der Waals surface area contributed by atoms with Gasteiger partial charge in [0.1, 0.15) is 0 Å². The average Bonchev–Trinajstić information content (AvgIpc) is 3.67. The second-order valence-corrected chi connectivity index (χ2v) is 12.6. The third-order valence-corrected chi connectivity index (χ3v) is 9.78. The molecule has 0 atom stereocenters. The van der Waals surface area contributed by atoms with Gasteiger partial charge in [0.15, 0.2) is 0 Å². The van der Waals surface area contributed by atoms with Crippen molar-refractivity contribution in [3.05, 3.63) is 182 Å². The van der Waals surface area contributed by atoms with Gasteiger partial charge in [-0.25, -0.2) is 0 Å². The molecular formula is C47H34N2. The second kappa shape index (κ2) is 11.7. The van der Waals surface area contributed by atoms with Crippen LogP contribution in [0.3, 0.4) is 0 Å². The van der Waals surface area contributed by atoms with Crippen LogP contribution in [0.25, 0.3) is 89.3 Å². The predicted octanol–water partition coefficient (Wildman–Crippen LogP) is 12.9. The molecule has 7 aromatic carbocycles. The van der Waals surface area contributed by atoms with Gasteiger partial charge in [0, 0.05) is 33.1 Å². The predicted molar refractivity (Wildman–Crippen MR) is 211 cm³/mol. The van der Waals surface area contributed by atoms with Crippen molar-refractivity contribution < 1.29 is 0 Å². The first-order chi connectivity index (χ1) is 24.2. The lowest BCUT2D eigenvalue weighted by molar-refractivity contribution is 1.11. The van der Waals surface area contributed by atoms with Crippen LogP contribution in [0, 0.1) is 0 Å². The van der Waals surface area contributed by atoms with E-state index in [1.807, 2.05) is 6.08 Å². The van der Waals surface area contributed by atoms with Crippen molar-refractivity contribution in [2.75, 3.05) is 0 Å². The highest BCUT2D eigenvalue weighted by Crippen LogP contribution is 2.43. The fourth-order valence-electron chi connectivity index (χ4n) is 7.59. The molecule has 0 N–H and O–H groups in total. The van der Waals surface area contributed by atoms with E-state index >= 15 is 0 Å². The smallest absolute Gasteiger partial charge is 0.0548 e. The Morgan fingerprint density at radius 1 is 0.469 bits per heavy atom. The maximum atomic E-state index is 4.38. The van der Waals surface area contributed by atoms with Gasteiger partial charge in [0.25, 0.3) is 0 Å². The summed E-state index contributed by atoms with van der Waals surface area (Å²) >= 11 is 0. The van der Waals surface area contributed by atoms with E-state index in [-0.39, 0.29) is 0 Å². The molecule has 9 aromatic rings. The van der Waals surface area contributed by atoms with Gasteiger partial charge in [0.2, 0.25) is 0 Å². The van der Waals surface area contributed by atoms with Crippen molar-refractivity contribution in [2.45, 2.75) is 6.92 Å². The standard InChI is InChI=1S/C47H34N2/c1-3-14-42-40(4-2)46-44(49(42)39-25-23-35-29-34(21-22-36(35)30-39)32-15-8-5-9-16-32)27-28-45-47(46)41-31-37(33-17-10-6-11-18-33)24-26-43(41)48(45)38-19-12-7-13-20-38/h3-31H,2H2,1H3/b14-3-. The molecule has 0 aliphatic carbocycles. The molecule has 0 bridgehead atoms. The first-order valence-corrected chi connectivity index (χ1v) is 16.8. The molecule has 0 unspecified atom stereocenters. The normalized spacial score (nSPS) is 11.8. The second-order valence-electron chi connectivity index (χ2n) is 12.6. The average molecular weight is 627 g/mol. The number of nitrogens with zero attached hydrogens (tertiary/aromatic N) is 2. The fourth-order valence-corrected chi connectivity index (χ4v) is 7.59. The monoisotopic (exact) mass is 626 g/mol. The van der Waals surface area contributed by atoms with E-state index in [1.165, 1.54) is 60.2 Å². The van der Waals surface area contributed by atoms with Gasteiger partial charge in [-0.3, -0.25) is 0 Å². The van der Waals surface area contributed by atoms with E-state index in [1.54, 1.807) is 0 Å². The van der Waals surface area contributed by atoms with Crippen LogP contribution in [-0.4, -0.2) is 9.13 Å². The number of fused-ring (bicyclic) bond motifs is 6. The van der Waals surface area contributed by atoms with Crippen molar-refractivity contribution in [3.8, 4) is 33.6 Å². The SMILES string of the molecule is C=Cc1c(/C=C\C)n(-c2ccc3cc(-c4ccccc4)ccc3c2)c2ccc3c(c4cc(-c5ccccc5)ccc4n3-c3ccccc3)c12. The van der Waals surface area contributed by atoms with E-state index in [0.29, 0.717) is 0 Å². The molecule has 2 heteroatoms. The van der Waals surface area contributed by atoms with Gasteiger partial charge in [-0.1, -0.05) is 122 Å². The lowest BCUT2D eigenvalue weighted by Crippen LogP contribution is -1.97. The minimum atomic E-state index is 1.13. The zero-order chi connectivity index (χ0) is 32.9. The third kappa shape index (κ3) is 4.64. The molecule has 2 nitrogen and oxygen atoms in total. The lowest BCUT2D eigenvalue weighted by Gasteiger charge is -2.12. The topological polar surface area (TPSA) is 9.86 Å². The highest BCUT2D eigenvalue weighted by molar-refractivity contribution is 6.24. The van der Waals surface area contributed by atoms with Crippen LogP contribution in [-0.2, 0) is 0 Å². The molecule has 0 saturated carbocycles. The van der Waals surface area contributed by atoms with Crippen LogP contribution in [0.1, 0.15) is 18.2 Å². The van der Waals surface area contributed by atoms with E-state index in [9.17, 15) is 0 Å². The Bertz CT molecular complexity index is 2710. The molecule has 0 aliphatic heterocycles. The molecule has 0 spiro atoms. The number of aromatic nitrogens is 2. The summed E-state index contributed by atoms with van der Waals surface area (Å²) in [5.41, 5.74) is 12.9. The summed E-state index contributed by atoms with van der Waals surface area (Å²) in [6, 6.07) is 57.0. The highest BCUT2D eigenvalue weighted by Gasteiger charge is 2.22. The van der Waals surface area contributed by atoms with Crippen molar-refractivity contribution in [3.63, 3.8) is 0 Å². The Morgan fingerprint density at radius 2 is 1.04 bits per heavy atom. The minimum absolute atomic E-state index is 1.13. The highest BCUT2D eigenvalue weighted by atomic mass is 15.0. The molecule has 0 saturated heterocycles. The summed E-state index contributed by atoms with van der Waals surface area (Å²) in [6.45, 7) is 6.47. The lowest BCUT2D eigenvalue weighted by atomic mass is 10.00. The maximum absolute atomic E-state index is 4.38. The van der Waals surface area contributed by atoms with Crippen LogP contribution in [0.2, 0.25) is 0 Å². The number of rotatable bonds is 6. The molecule has 49 heavy (non-hydrogen) atoms. The Balaban J connectivity index is 1.35. The summed E-state index contributed by atoms with van der Waals surface area (Å²) in [5.74, 6) is 0. The Kier molecular flexibility index (Phi) is 6.88. The van der Waals surface area contributed by atoms with Crippen LogP contribution in [0.4, 0.5) is 0 Å². The molecule has 9 rings (SSSR count). The summed E-state index contributed by atoms with van der Waals surface area (Å²) < 4.78 is 4.81. The number of hydrogen-bond acceptors (Lipinski definition) is 0. The van der Waals surface area contributed by atoms with Gasteiger partial charge in [0.05, 0.1) is 22.2 Å². The Morgan fingerprint density at radius 3 is 1.71 bits per heavy atom. The molecule has 232 valence electrons. The Labute approximate surface area is 286 Å². The first kappa shape index (κ1) is 28.8. The quantitative estimate of drug-likeness (QED) is 0.174. The van der Waals surface area contributed by atoms with E-state index in [0.717, 1.165) is 28.1 Å². The zero-order valence-corrected chi connectivity index (χ0v) is 27.3. The van der Waals surface area contributed by atoms with Crippen molar-refractivity contribution in [1.29, 1.82) is 0 Å². The largest absolute Gasteiger partial charge is 0.309 e. The van der Waals surface area contributed by atoms with Crippen LogP contribution >= 0.6 is 0 Å². The van der Waals surface area contributed by atoms with Gasteiger partial charge >= 0.3 is 0 Å². The van der Waals surface area contributed by atoms with Gasteiger partial charge in [-0.05, 0) is 101 Å². The van der Waals surface area contributed by atoms with Crippen LogP contribution < -0.4 is 0 Å². The fraction of sp³-hybridized carbons (Fsp3) is 0.0213. The van der Waals surface area contributed by atoms with Gasteiger partial charge in [-0.15, -0.1) is 0 Å². The number of allylic oxidation sites excluding steroid dienone is 1. The maximum Gasteiger partial charge on any atom is 0.0548 e. The molecule has 0 fully saturated rings. The summed E-state index contributed by atoms with van der Waals surface area (Å²) in [6.07, 6.45) is 6.38. The van der Waals surface area contributed by atoms with E-state index in [4.69, 9.17) is 0 Å². The van der Waals surface area contributed by atoms with Gasteiger partial charge in [-0.2, -0.15) is 0 Å². The molecular weight excluding hydrogens is 593 g/mol. The van der Waals surface area contributed by atoms with Crippen LogP contribution in [0.15, 0.2) is 170 Å². The molecule has 0 radical (unpaired) electrons. The minimum Gasteiger partial charge on any atom is -0.309 e. The molecule has 0 amide bonds. The van der Waals surface area contributed by atoms with E-state index < -0.39 is 0 Å². The summed E-state index contributed by atoms with van der Waals surface area (Å²) in [5, 5.41) is 6.11. The molecule has 2 heterocycles. The summed E-state index contributed by atoms with van der Waals surface area (Å²) in [4.78, 5) is 0. The Hall–Kier alpha value is -6.38. The van der Waals surface area contributed by atoms with Crippen LogP contribution in [0.5, 0.6) is 0 Å². The van der Waals surface area contributed by atoms with E-state index in [2.05, 4.69) is 193 Å². The third-order valence-electron chi connectivity index (χ3n) is 9.78. The number of para-hydroxylation sites is 1. The van der Waals surface area contributed by atoms with Gasteiger partial charge < -0.3 is 9.13 Å². The first-order valence-electron chi connectivity index (χ1n) is 16.8.